The summed E-state index contributed by atoms with van der Waals surface area (Å²) in [5.41, 5.74) is -2.78. The Morgan fingerprint density at radius 3 is 1.57 bits per heavy atom. The lowest BCUT2D eigenvalue weighted by Gasteiger charge is -2.48. The van der Waals surface area contributed by atoms with Gasteiger partial charge in [0.15, 0.2) is 29.7 Å². The second-order valence-corrected chi connectivity index (χ2v) is 16.6. The third kappa shape index (κ3) is 4.66. The second-order valence-electron chi connectivity index (χ2n) is 16.6. The highest BCUT2D eigenvalue weighted by atomic mass is 16.5. The van der Waals surface area contributed by atoms with E-state index in [1.807, 2.05) is 27.7 Å². The minimum absolute atomic E-state index is 0.143. The van der Waals surface area contributed by atoms with E-state index in [-0.39, 0.29) is 53.2 Å². The molecule has 1 amide bonds. The number of likely N-dealkylation sites (N-methyl/N-ethyl adjacent to an activating group) is 1. The van der Waals surface area contributed by atoms with Gasteiger partial charge in [-0.15, -0.1) is 0 Å². The number of amides is 1. The maximum atomic E-state index is 14.3. The summed E-state index contributed by atoms with van der Waals surface area (Å²) in [6.45, 7) is 21.5. The number of fused-ring (bicyclic) bond motifs is 3. The van der Waals surface area contributed by atoms with Crippen molar-refractivity contribution in [3.63, 3.8) is 0 Å². The van der Waals surface area contributed by atoms with Gasteiger partial charge in [0.05, 0.1) is 21.7 Å². The van der Waals surface area contributed by atoms with Crippen molar-refractivity contribution in [2.45, 2.75) is 94.9 Å². The minimum atomic E-state index is -1.28. The van der Waals surface area contributed by atoms with Crippen LogP contribution in [-0.2, 0) is 24.0 Å². The Bertz CT molecular complexity index is 1710. The molecule has 0 fully saturated rings. The molecule has 0 radical (unpaired) electrons. The molecular formula is C38H49NO8. The first-order valence-corrected chi connectivity index (χ1v) is 16.5. The topological polar surface area (TPSA) is 116 Å². The number of carbonyl (C=O) groups is 5. The summed E-state index contributed by atoms with van der Waals surface area (Å²) in [6, 6.07) is 1.71. The van der Waals surface area contributed by atoms with E-state index in [0.29, 0.717) is 45.3 Å². The fourth-order valence-electron chi connectivity index (χ4n) is 8.11. The Morgan fingerprint density at radius 2 is 1.15 bits per heavy atom. The van der Waals surface area contributed by atoms with Crippen LogP contribution in [0.4, 0.5) is 0 Å². The van der Waals surface area contributed by atoms with E-state index >= 15 is 0 Å². The monoisotopic (exact) mass is 647 g/mol. The summed E-state index contributed by atoms with van der Waals surface area (Å²) in [5.74, 6) is -1.14. The van der Waals surface area contributed by atoms with Gasteiger partial charge in [0.1, 0.15) is 28.8 Å². The van der Waals surface area contributed by atoms with Crippen LogP contribution in [0.1, 0.15) is 106 Å². The molecule has 2 atom stereocenters. The molecule has 0 saturated carbocycles. The summed E-state index contributed by atoms with van der Waals surface area (Å²) in [7, 11) is 3.27. The lowest BCUT2D eigenvalue weighted by atomic mass is 9.58. The maximum Gasteiger partial charge on any atom is 0.259 e. The zero-order valence-corrected chi connectivity index (χ0v) is 30.3. The summed E-state index contributed by atoms with van der Waals surface area (Å²) >= 11 is 0. The standard InChI is InChI=1S/C38H49NO8/c1-17(2)22-24-19(45-16-21(40)39(13)14)15-20-25(28(24)47-32-27(22)30(42)36(7,8)34(44)38(32,11)12)23(18(3)4)26-29(41)35(5,6)33(43)37(9,10)31(26)46-20/h15,17-18,22-23H,16H2,1-14H3/t22-,23+/m0/s1. The quantitative estimate of drug-likeness (QED) is 0.340. The second kappa shape index (κ2) is 10.6. The molecule has 2 heterocycles. The van der Waals surface area contributed by atoms with Crippen LogP contribution in [0.5, 0.6) is 17.2 Å². The molecule has 4 aliphatic rings. The van der Waals surface area contributed by atoms with Gasteiger partial charge in [-0.2, -0.15) is 0 Å². The lowest BCUT2D eigenvalue weighted by Crippen LogP contribution is -2.53. The highest BCUT2D eigenvalue weighted by Gasteiger charge is 2.61. The number of ketones is 4. The average molecular weight is 648 g/mol. The maximum absolute atomic E-state index is 14.3. The summed E-state index contributed by atoms with van der Waals surface area (Å²) in [4.78, 5) is 70.4. The van der Waals surface area contributed by atoms with E-state index in [4.69, 9.17) is 14.2 Å². The average Bonchev–Trinajstić information content (AvgIpc) is 2.98. The third-order valence-corrected chi connectivity index (χ3v) is 10.6. The number of ether oxygens (including phenoxy) is 3. The molecule has 0 saturated heterocycles. The van der Waals surface area contributed by atoms with Crippen molar-refractivity contribution in [3.05, 3.63) is 39.9 Å². The molecule has 1 aromatic rings. The molecule has 0 aromatic heterocycles. The van der Waals surface area contributed by atoms with E-state index in [9.17, 15) is 24.0 Å². The van der Waals surface area contributed by atoms with Crippen molar-refractivity contribution in [2.75, 3.05) is 20.7 Å². The molecule has 0 unspecified atom stereocenters. The van der Waals surface area contributed by atoms with Crippen LogP contribution in [0, 0.1) is 33.5 Å². The van der Waals surface area contributed by atoms with Crippen LogP contribution in [0.15, 0.2) is 28.7 Å². The lowest BCUT2D eigenvalue weighted by molar-refractivity contribution is -0.146. The van der Waals surface area contributed by atoms with Crippen LogP contribution >= 0.6 is 0 Å². The molecule has 47 heavy (non-hydrogen) atoms. The Hall–Kier alpha value is -3.75. The van der Waals surface area contributed by atoms with E-state index in [2.05, 4.69) is 0 Å². The predicted octanol–water partition coefficient (Wildman–Crippen LogP) is 6.33. The first kappa shape index (κ1) is 34.6. The van der Waals surface area contributed by atoms with Gasteiger partial charge in [-0.05, 0) is 67.2 Å². The number of hydrogen-bond donors (Lipinski definition) is 0. The van der Waals surface area contributed by atoms with Crippen molar-refractivity contribution in [1.82, 2.24) is 4.90 Å². The van der Waals surface area contributed by atoms with Gasteiger partial charge in [0.25, 0.3) is 5.91 Å². The summed E-state index contributed by atoms with van der Waals surface area (Å²) in [6.07, 6.45) is 0. The van der Waals surface area contributed by atoms with Crippen molar-refractivity contribution >= 4 is 29.0 Å². The fourth-order valence-corrected chi connectivity index (χ4v) is 8.11. The van der Waals surface area contributed by atoms with Crippen LogP contribution in [0.2, 0.25) is 0 Å². The number of nitrogens with zero attached hydrogens (tertiary/aromatic N) is 1. The third-order valence-electron chi connectivity index (χ3n) is 10.6. The van der Waals surface area contributed by atoms with Crippen LogP contribution in [-0.4, -0.2) is 54.6 Å². The predicted molar refractivity (Wildman–Crippen MR) is 176 cm³/mol. The van der Waals surface area contributed by atoms with Gasteiger partial charge in [0.2, 0.25) is 0 Å². The smallest absolute Gasteiger partial charge is 0.259 e. The highest BCUT2D eigenvalue weighted by Crippen LogP contribution is 2.63. The van der Waals surface area contributed by atoms with E-state index in [1.54, 1.807) is 75.6 Å². The number of carbonyl (C=O) groups excluding carboxylic acids is 5. The zero-order chi connectivity index (χ0) is 35.5. The number of allylic oxidation sites excluding steroid dienone is 4. The molecule has 9 nitrogen and oxygen atoms in total. The molecular weight excluding hydrogens is 598 g/mol. The molecule has 0 spiro atoms. The molecule has 2 aliphatic heterocycles. The number of Topliss-reactive ketones (excluding diaryl/α,β-unsaturated/α-hetero) is 4. The van der Waals surface area contributed by atoms with E-state index in [1.165, 1.54) is 4.90 Å². The fraction of sp³-hybridized carbons (Fsp3) is 0.605. The molecule has 0 bridgehead atoms. The highest BCUT2D eigenvalue weighted by molar-refractivity contribution is 6.21. The van der Waals surface area contributed by atoms with Gasteiger partial charge >= 0.3 is 0 Å². The number of benzene rings is 1. The Balaban J connectivity index is 1.89. The van der Waals surface area contributed by atoms with Crippen molar-refractivity contribution in [2.24, 2.45) is 33.5 Å². The van der Waals surface area contributed by atoms with Crippen molar-refractivity contribution in [3.8, 4) is 17.2 Å². The Kier molecular flexibility index (Phi) is 7.82. The van der Waals surface area contributed by atoms with Gasteiger partial charge < -0.3 is 19.1 Å². The summed E-state index contributed by atoms with van der Waals surface area (Å²) in [5, 5.41) is 0. The van der Waals surface area contributed by atoms with Crippen LogP contribution in [0.25, 0.3) is 0 Å². The van der Waals surface area contributed by atoms with E-state index in [0.717, 1.165) is 0 Å². The normalized spacial score (nSPS) is 25.1. The Morgan fingerprint density at radius 1 is 0.723 bits per heavy atom. The SMILES string of the molecule is CC(C)[C@@H]1C2=C(Oc3c1c(OCC(=O)N(C)C)cc1c3[C@@H](C(C)C)C3=C(O1)C(C)(C)C(=O)C(C)(C)C3=O)C(C)(C)C(=O)C(C)(C)C2=O. The Labute approximate surface area is 278 Å². The molecule has 2 aliphatic carbocycles. The number of hydrogen-bond acceptors (Lipinski definition) is 8. The first-order chi connectivity index (χ1) is 21.4. The molecule has 9 heteroatoms. The zero-order valence-electron chi connectivity index (χ0n) is 30.3. The van der Waals surface area contributed by atoms with Gasteiger partial charge in [0, 0.05) is 54.3 Å². The largest absolute Gasteiger partial charge is 0.483 e. The molecule has 0 N–H and O–H groups in total. The molecule has 1 aromatic carbocycles. The van der Waals surface area contributed by atoms with Gasteiger partial charge in [-0.3, -0.25) is 24.0 Å². The minimum Gasteiger partial charge on any atom is -0.483 e. The van der Waals surface area contributed by atoms with Crippen LogP contribution < -0.4 is 14.2 Å². The first-order valence-electron chi connectivity index (χ1n) is 16.5. The van der Waals surface area contributed by atoms with E-state index < -0.39 is 33.5 Å². The van der Waals surface area contributed by atoms with Gasteiger partial charge in [-0.1, -0.05) is 27.7 Å². The van der Waals surface area contributed by atoms with Crippen LogP contribution in [0.3, 0.4) is 0 Å². The van der Waals surface area contributed by atoms with Gasteiger partial charge in [-0.25, -0.2) is 0 Å². The summed E-state index contributed by atoms with van der Waals surface area (Å²) < 4.78 is 19.8. The molecule has 254 valence electrons. The molecule has 5 rings (SSSR count). The number of rotatable bonds is 5. The van der Waals surface area contributed by atoms with Crippen molar-refractivity contribution < 1.29 is 38.2 Å². The van der Waals surface area contributed by atoms with Crippen molar-refractivity contribution in [1.29, 1.82) is 0 Å².